The first-order valence-electron chi connectivity index (χ1n) is 13.3. The van der Waals surface area contributed by atoms with Gasteiger partial charge < -0.3 is 0 Å². The third-order valence-corrected chi connectivity index (χ3v) is 7.42. The van der Waals surface area contributed by atoms with Gasteiger partial charge in [0.25, 0.3) is 0 Å². The average Bonchev–Trinajstić information content (AvgIpc) is 2.83. The van der Waals surface area contributed by atoms with Crippen molar-refractivity contribution in [3.63, 3.8) is 0 Å². The zero-order valence-corrected chi connectivity index (χ0v) is 20.2. The minimum atomic E-state index is 0.937. The number of pyridine rings is 1. The molecule has 1 nitrogen and oxygen atoms in total. The highest BCUT2D eigenvalue weighted by Crippen LogP contribution is 2.34. The number of aryl methyl sites for hydroxylation is 2. The third-order valence-electron chi connectivity index (χ3n) is 7.42. The van der Waals surface area contributed by atoms with Gasteiger partial charge >= 0.3 is 0 Å². The van der Waals surface area contributed by atoms with Crippen LogP contribution in [0.5, 0.6) is 0 Å². The summed E-state index contributed by atoms with van der Waals surface area (Å²) < 4.78 is 0. The van der Waals surface area contributed by atoms with Gasteiger partial charge in [-0.05, 0) is 54.7 Å². The largest absolute Gasteiger partial charge is 0.256 e. The van der Waals surface area contributed by atoms with Gasteiger partial charge in [0.05, 0.1) is 5.69 Å². The molecule has 170 valence electrons. The average molecular weight is 420 g/mol. The van der Waals surface area contributed by atoms with Gasteiger partial charge in [-0.15, -0.1) is 0 Å². The SMILES string of the molecule is CCCCCCCc1ccc(-c2ccc(CC[C@H]3CC[C@H](CCCC)CC3)cn2)cc1. The normalized spacial score (nSPS) is 18.9. The van der Waals surface area contributed by atoms with E-state index in [0.29, 0.717) is 0 Å². The summed E-state index contributed by atoms with van der Waals surface area (Å²) in [6.45, 7) is 4.59. The first-order chi connectivity index (χ1) is 15.3. The molecule has 1 heteroatoms. The Labute approximate surface area is 192 Å². The molecular weight excluding hydrogens is 374 g/mol. The van der Waals surface area contributed by atoms with Crippen molar-refractivity contribution in [3.05, 3.63) is 53.7 Å². The van der Waals surface area contributed by atoms with Crippen LogP contribution in [0.25, 0.3) is 11.3 Å². The van der Waals surface area contributed by atoms with Crippen molar-refractivity contribution >= 4 is 0 Å². The molecule has 0 N–H and O–H groups in total. The molecule has 1 aromatic carbocycles. The number of rotatable bonds is 13. The van der Waals surface area contributed by atoms with Crippen LogP contribution in [0, 0.1) is 11.8 Å². The second-order valence-corrected chi connectivity index (χ2v) is 9.98. The second kappa shape index (κ2) is 13.7. The van der Waals surface area contributed by atoms with E-state index in [1.165, 1.54) is 113 Å². The van der Waals surface area contributed by atoms with E-state index in [1.807, 2.05) is 0 Å². The second-order valence-electron chi connectivity index (χ2n) is 9.98. The van der Waals surface area contributed by atoms with Crippen LogP contribution in [0.4, 0.5) is 0 Å². The summed E-state index contributed by atoms with van der Waals surface area (Å²) in [6.07, 6.45) is 22.7. The summed E-state index contributed by atoms with van der Waals surface area (Å²) in [5, 5.41) is 0. The van der Waals surface area contributed by atoms with Crippen LogP contribution in [-0.2, 0) is 12.8 Å². The zero-order valence-electron chi connectivity index (χ0n) is 20.2. The van der Waals surface area contributed by atoms with E-state index in [1.54, 1.807) is 0 Å². The van der Waals surface area contributed by atoms with Crippen LogP contribution in [0.2, 0.25) is 0 Å². The molecular formula is C30H45N. The molecule has 0 radical (unpaired) electrons. The highest BCUT2D eigenvalue weighted by atomic mass is 14.7. The van der Waals surface area contributed by atoms with Crippen molar-refractivity contribution in [3.8, 4) is 11.3 Å². The molecule has 3 rings (SSSR count). The monoisotopic (exact) mass is 419 g/mol. The van der Waals surface area contributed by atoms with Crippen molar-refractivity contribution in [2.45, 2.75) is 110 Å². The molecule has 31 heavy (non-hydrogen) atoms. The highest BCUT2D eigenvalue weighted by Gasteiger charge is 2.20. The summed E-state index contributed by atoms with van der Waals surface area (Å²) in [7, 11) is 0. The van der Waals surface area contributed by atoms with E-state index in [-0.39, 0.29) is 0 Å². The minimum Gasteiger partial charge on any atom is -0.256 e. The van der Waals surface area contributed by atoms with E-state index >= 15 is 0 Å². The van der Waals surface area contributed by atoms with E-state index in [9.17, 15) is 0 Å². The summed E-state index contributed by atoms with van der Waals surface area (Å²) in [6, 6.07) is 13.6. The van der Waals surface area contributed by atoms with Gasteiger partial charge in [0, 0.05) is 11.8 Å². The fourth-order valence-electron chi connectivity index (χ4n) is 5.19. The zero-order chi connectivity index (χ0) is 21.7. The standard InChI is InChI=1S/C30H45N/c1-3-5-7-8-9-11-26-18-21-29(22-19-26)30-23-20-28(24-31-30)17-16-27-14-12-25(13-15-27)10-6-4-2/h18-25,27H,3-17H2,1-2H3/t25-,27-. The molecule has 0 amide bonds. The summed E-state index contributed by atoms with van der Waals surface area (Å²) in [5.74, 6) is 1.96. The van der Waals surface area contributed by atoms with Crippen molar-refractivity contribution in [2.75, 3.05) is 0 Å². The van der Waals surface area contributed by atoms with Crippen molar-refractivity contribution in [2.24, 2.45) is 11.8 Å². The van der Waals surface area contributed by atoms with Crippen molar-refractivity contribution in [1.82, 2.24) is 4.98 Å². The topological polar surface area (TPSA) is 12.9 Å². The molecule has 2 aromatic rings. The fraction of sp³-hybridized carbons (Fsp3) is 0.633. The maximum Gasteiger partial charge on any atom is 0.0702 e. The molecule has 1 fully saturated rings. The van der Waals surface area contributed by atoms with E-state index in [2.05, 4.69) is 56.4 Å². The quantitative estimate of drug-likeness (QED) is 0.295. The summed E-state index contributed by atoms with van der Waals surface area (Å²) in [4.78, 5) is 4.78. The Hall–Kier alpha value is -1.63. The van der Waals surface area contributed by atoms with Gasteiger partial charge in [-0.2, -0.15) is 0 Å². The number of unbranched alkanes of at least 4 members (excludes halogenated alkanes) is 5. The number of aromatic nitrogens is 1. The lowest BCUT2D eigenvalue weighted by atomic mass is 9.78. The first kappa shape index (κ1) is 24.0. The molecule has 1 heterocycles. The van der Waals surface area contributed by atoms with Gasteiger partial charge in [0.1, 0.15) is 0 Å². The highest BCUT2D eigenvalue weighted by molar-refractivity contribution is 5.59. The Bertz CT molecular complexity index is 707. The number of nitrogens with zero attached hydrogens (tertiary/aromatic N) is 1. The summed E-state index contributed by atoms with van der Waals surface area (Å²) >= 11 is 0. The van der Waals surface area contributed by atoms with Gasteiger partial charge in [-0.25, -0.2) is 0 Å². The van der Waals surface area contributed by atoms with Crippen LogP contribution < -0.4 is 0 Å². The fourth-order valence-corrected chi connectivity index (χ4v) is 5.19. The maximum atomic E-state index is 4.78. The van der Waals surface area contributed by atoms with Gasteiger partial charge in [-0.3, -0.25) is 4.98 Å². The Morgan fingerprint density at radius 1 is 0.645 bits per heavy atom. The molecule has 1 aromatic heterocycles. The van der Waals surface area contributed by atoms with E-state index in [0.717, 1.165) is 17.5 Å². The lowest BCUT2D eigenvalue weighted by Crippen LogP contribution is -2.15. The molecule has 0 saturated heterocycles. The summed E-state index contributed by atoms with van der Waals surface area (Å²) in [5.41, 5.74) is 5.21. The van der Waals surface area contributed by atoms with Crippen LogP contribution in [0.15, 0.2) is 42.6 Å². The maximum absolute atomic E-state index is 4.78. The van der Waals surface area contributed by atoms with E-state index in [4.69, 9.17) is 4.98 Å². The Balaban J connectivity index is 1.40. The van der Waals surface area contributed by atoms with Crippen molar-refractivity contribution in [1.29, 1.82) is 0 Å². The van der Waals surface area contributed by atoms with Crippen molar-refractivity contribution < 1.29 is 0 Å². The molecule has 0 atom stereocenters. The smallest absolute Gasteiger partial charge is 0.0702 e. The van der Waals surface area contributed by atoms with Gasteiger partial charge in [-0.1, -0.05) is 115 Å². The Morgan fingerprint density at radius 2 is 1.29 bits per heavy atom. The Kier molecular flexibility index (Phi) is 10.6. The first-order valence-corrected chi connectivity index (χ1v) is 13.3. The molecule has 1 saturated carbocycles. The Morgan fingerprint density at radius 3 is 1.94 bits per heavy atom. The minimum absolute atomic E-state index is 0.937. The molecule has 0 unspecified atom stereocenters. The molecule has 0 bridgehead atoms. The van der Waals surface area contributed by atoms with Gasteiger partial charge in [0.15, 0.2) is 0 Å². The molecule has 0 aliphatic heterocycles. The number of hydrogen-bond acceptors (Lipinski definition) is 1. The lowest BCUT2D eigenvalue weighted by molar-refractivity contribution is 0.250. The molecule has 0 spiro atoms. The van der Waals surface area contributed by atoms with Crippen LogP contribution in [-0.4, -0.2) is 4.98 Å². The van der Waals surface area contributed by atoms with Crippen LogP contribution >= 0.6 is 0 Å². The molecule has 1 aliphatic carbocycles. The number of hydrogen-bond donors (Lipinski definition) is 0. The van der Waals surface area contributed by atoms with Crippen LogP contribution in [0.1, 0.15) is 108 Å². The van der Waals surface area contributed by atoms with Crippen LogP contribution in [0.3, 0.4) is 0 Å². The number of benzene rings is 1. The predicted molar refractivity (Wildman–Crippen MR) is 135 cm³/mol. The van der Waals surface area contributed by atoms with E-state index < -0.39 is 0 Å². The van der Waals surface area contributed by atoms with Gasteiger partial charge in [0.2, 0.25) is 0 Å². The lowest BCUT2D eigenvalue weighted by Gasteiger charge is -2.28. The third kappa shape index (κ3) is 8.43. The molecule has 1 aliphatic rings. The predicted octanol–water partition coefficient (Wildman–Crippen LogP) is 9.19.